The van der Waals surface area contributed by atoms with E-state index < -0.39 is 0 Å². The maximum atomic E-state index is 5.71. The molecule has 4 N–H and O–H groups in total. The average molecular weight is 236 g/mol. The Kier molecular flexibility index (Phi) is 6.01. The molecule has 1 rings (SSSR count). The van der Waals surface area contributed by atoms with E-state index in [0.717, 1.165) is 18.8 Å². The summed E-state index contributed by atoms with van der Waals surface area (Å²) >= 11 is 0. The van der Waals surface area contributed by atoms with Gasteiger partial charge in [-0.15, -0.1) is 0 Å². The first-order chi connectivity index (χ1) is 8.22. The summed E-state index contributed by atoms with van der Waals surface area (Å²) < 4.78 is 5.55. The van der Waals surface area contributed by atoms with Gasteiger partial charge in [0.25, 0.3) is 0 Å². The Morgan fingerprint density at radius 1 is 1.12 bits per heavy atom. The molecule has 0 saturated carbocycles. The highest BCUT2D eigenvalue weighted by molar-refractivity contribution is 5.29. The minimum atomic E-state index is 0.345. The van der Waals surface area contributed by atoms with E-state index in [9.17, 15) is 0 Å². The minimum Gasteiger partial charge on any atom is -0.494 e. The van der Waals surface area contributed by atoms with Crippen molar-refractivity contribution in [3.63, 3.8) is 0 Å². The van der Waals surface area contributed by atoms with Gasteiger partial charge in [0.1, 0.15) is 5.75 Å². The lowest BCUT2D eigenvalue weighted by Gasteiger charge is -2.21. The molecule has 0 fully saturated rings. The van der Waals surface area contributed by atoms with Crippen LogP contribution >= 0.6 is 0 Å². The average Bonchev–Trinajstić information content (AvgIpc) is 2.38. The lowest BCUT2D eigenvalue weighted by Crippen LogP contribution is -2.27. The fourth-order valence-corrected chi connectivity index (χ4v) is 1.86. The van der Waals surface area contributed by atoms with E-state index in [4.69, 9.17) is 16.2 Å². The van der Waals surface area contributed by atoms with Gasteiger partial charge in [0.15, 0.2) is 0 Å². The maximum absolute atomic E-state index is 5.71. The third-order valence-electron chi connectivity index (χ3n) is 3.19. The quantitative estimate of drug-likeness (QED) is 0.762. The summed E-state index contributed by atoms with van der Waals surface area (Å²) in [6.07, 6.45) is 1.03. The van der Waals surface area contributed by atoms with Crippen LogP contribution in [0.15, 0.2) is 24.3 Å². The van der Waals surface area contributed by atoms with Crippen LogP contribution in [0.3, 0.4) is 0 Å². The first-order valence-corrected chi connectivity index (χ1v) is 6.35. The van der Waals surface area contributed by atoms with Crippen molar-refractivity contribution < 1.29 is 4.74 Å². The summed E-state index contributed by atoms with van der Waals surface area (Å²) in [5.41, 5.74) is 12.7. The Balaban J connectivity index is 2.66. The molecule has 0 aromatic heterocycles. The number of ether oxygens (including phenoxy) is 1. The van der Waals surface area contributed by atoms with E-state index in [1.807, 2.05) is 12.1 Å². The molecule has 1 aromatic rings. The monoisotopic (exact) mass is 236 g/mol. The van der Waals surface area contributed by atoms with Gasteiger partial charge in [0, 0.05) is 0 Å². The predicted octanol–water partition coefficient (Wildman–Crippen LogP) is 2.11. The van der Waals surface area contributed by atoms with Crippen molar-refractivity contribution in [1.82, 2.24) is 0 Å². The molecule has 0 aliphatic carbocycles. The predicted molar refractivity (Wildman–Crippen MR) is 72.2 cm³/mol. The Bertz CT molecular complexity index is 307. The van der Waals surface area contributed by atoms with E-state index in [1.165, 1.54) is 5.56 Å². The molecule has 0 bridgehead atoms. The Labute approximate surface area is 104 Å². The lowest BCUT2D eigenvalue weighted by atomic mass is 9.88. The summed E-state index contributed by atoms with van der Waals surface area (Å²) in [5, 5.41) is 0. The molecule has 0 saturated heterocycles. The van der Waals surface area contributed by atoms with Gasteiger partial charge in [-0.25, -0.2) is 0 Å². The van der Waals surface area contributed by atoms with Gasteiger partial charge in [-0.1, -0.05) is 26.0 Å². The highest BCUT2D eigenvalue weighted by Gasteiger charge is 2.15. The summed E-state index contributed by atoms with van der Waals surface area (Å²) in [5.74, 6) is 1.67. The molecule has 3 nitrogen and oxygen atoms in total. The Hall–Kier alpha value is -1.06. The number of hydrogen-bond acceptors (Lipinski definition) is 3. The van der Waals surface area contributed by atoms with Gasteiger partial charge in [-0.05, 0) is 49.0 Å². The van der Waals surface area contributed by atoms with E-state index in [-0.39, 0.29) is 0 Å². The van der Waals surface area contributed by atoms with Crippen molar-refractivity contribution in [2.75, 3.05) is 19.7 Å². The summed E-state index contributed by atoms with van der Waals surface area (Å²) in [6.45, 7) is 6.30. The summed E-state index contributed by atoms with van der Waals surface area (Å²) in [6, 6.07) is 8.25. The van der Waals surface area contributed by atoms with Crippen LogP contribution in [0.5, 0.6) is 5.75 Å². The lowest BCUT2D eigenvalue weighted by molar-refractivity contribution is 0.317. The molecular weight excluding hydrogens is 212 g/mol. The van der Waals surface area contributed by atoms with Gasteiger partial charge in [-0.2, -0.15) is 0 Å². The number of hydrogen-bond donors (Lipinski definition) is 2. The highest BCUT2D eigenvalue weighted by atomic mass is 16.5. The standard InChI is InChI=1S/C14H24N2O/c1-3-8-17-14-6-4-12(5-7-14)11(2)13(9-15)10-16/h4-7,11,13H,3,8-10,15-16H2,1-2H3. The topological polar surface area (TPSA) is 61.3 Å². The smallest absolute Gasteiger partial charge is 0.119 e. The molecule has 96 valence electrons. The van der Waals surface area contributed by atoms with Crippen molar-refractivity contribution in [2.24, 2.45) is 17.4 Å². The van der Waals surface area contributed by atoms with E-state index in [2.05, 4.69) is 26.0 Å². The fourth-order valence-electron chi connectivity index (χ4n) is 1.86. The van der Waals surface area contributed by atoms with Crippen molar-refractivity contribution in [3.8, 4) is 5.75 Å². The fraction of sp³-hybridized carbons (Fsp3) is 0.571. The zero-order chi connectivity index (χ0) is 12.7. The molecule has 0 amide bonds. The zero-order valence-corrected chi connectivity index (χ0v) is 10.9. The largest absolute Gasteiger partial charge is 0.494 e. The van der Waals surface area contributed by atoms with Crippen molar-refractivity contribution in [1.29, 1.82) is 0 Å². The van der Waals surface area contributed by atoms with Crippen molar-refractivity contribution in [3.05, 3.63) is 29.8 Å². The Morgan fingerprint density at radius 3 is 2.18 bits per heavy atom. The van der Waals surface area contributed by atoms with Gasteiger partial charge >= 0.3 is 0 Å². The molecule has 17 heavy (non-hydrogen) atoms. The van der Waals surface area contributed by atoms with Crippen LogP contribution in [0.25, 0.3) is 0 Å². The Morgan fingerprint density at radius 2 is 1.71 bits per heavy atom. The van der Waals surface area contributed by atoms with Crippen LogP contribution < -0.4 is 16.2 Å². The highest BCUT2D eigenvalue weighted by Crippen LogP contribution is 2.25. The molecule has 0 spiro atoms. The van der Waals surface area contributed by atoms with Crippen molar-refractivity contribution in [2.45, 2.75) is 26.2 Å². The third kappa shape index (κ3) is 4.02. The van der Waals surface area contributed by atoms with Crippen LogP contribution in [-0.2, 0) is 0 Å². The normalized spacial score (nSPS) is 12.8. The molecular formula is C14H24N2O. The van der Waals surface area contributed by atoms with Crippen LogP contribution in [-0.4, -0.2) is 19.7 Å². The van der Waals surface area contributed by atoms with Gasteiger partial charge in [0.2, 0.25) is 0 Å². The summed E-state index contributed by atoms with van der Waals surface area (Å²) in [7, 11) is 0. The molecule has 1 aromatic carbocycles. The molecule has 0 aliphatic rings. The van der Waals surface area contributed by atoms with Crippen LogP contribution in [0.1, 0.15) is 31.7 Å². The van der Waals surface area contributed by atoms with Crippen molar-refractivity contribution >= 4 is 0 Å². The maximum Gasteiger partial charge on any atom is 0.119 e. The first kappa shape index (κ1) is 14.0. The molecule has 0 heterocycles. The second kappa shape index (κ2) is 7.30. The number of nitrogens with two attached hydrogens (primary N) is 2. The second-order valence-corrected chi connectivity index (χ2v) is 4.44. The van der Waals surface area contributed by atoms with Gasteiger partial charge in [-0.3, -0.25) is 0 Å². The molecule has 1 unspecified atom stereocenters. The van der Waals surface area contributed by atoms with Crippen LogP contribution in [0.2, 0.25) is 0 Å². The molecule has 3 heteroatoms. The number of benzene rings is 1. The molecule has 1 atom stereocenters. The van der Waals surface area contributed by atoms with E-state index in [0.29, 0.717) is 24.9 Å². The van der Waals surface area contributed by atoms with Crippen LogP contribution in [0.4, 0.5) is 0 Å². The van der Waals surface area contributed by atoms with Gasteiger partial charge < -0.3 is 16.2 Å². The SMILES string of the molecule is CCCOc1ccc(C(C)C(CN)CN)cc1. The number of rotatable bonds is 7. The van der Waals surface area contributed by atoms with Crippen LogP contribution in [0, 0.1) is 5.92 Å². The van der Waals surface area contributed by atoms with E-state index in [1.54, 1.807) is 0 Å². The second-order valence-electron chi connectivity index (χ2n) is 4.44. The van der Waals surface area contributed by atoms with Gasteiger partial charge in [0.05, 0.1) is 6.61 Å². The zero-order valence-electron chi connectivity index (χ0n) is 10.9. The van der Waals surface area contributed by atoms with E-state index >= 15 is 0 Å². The molecule has 0 aliphatic heterocycles. The molecule has 0 radical (unpaired) electrons. The first-order valence-electron chi connectivity index (χ1n) is 6.35. The summed E-state index contributed by atoms with van der Waals surface area (Å²) in [4.78, 5) is 0. The minimum absolute atomic E-state index is 0.345. The third-order valence-corrected chi connectivity index (χ3v) is 3.19.